The summed E-state index contributed by atoms with van der Waals surface area (Å²) < 4.78 is 43.7. The fraction of sp³-hybridized carbons (Fsp3) is 0.745. The standard InChI is InChI=1S/C51H80N4O14/c1-11-41(59)66-39-26-40(58)53-36(18-15-16-33-25-34-17-13-14-19-37(34)52-28-33)20-22-55(9)29-38(57)30(3)24-35(21-23-56)47(48(39)63-10)69-50-45(61)44(54(7)8)46(31(4)65-50)68-43-27-51(6,62)49(32(5)64-43)67-42(60)12-2/h13-14,17,19,23,25,28,30-32,35-36,38-39,43-50,57,61-62H,11-12,15-16,18,20-22,24,26-27,29H2,1-10H3,(H,53,58)/t30-,31?,32?,35+,36?,38+,39-,43+,44?,45?,46-,47+,48+,49-,50+,51?/m1/s1. The highest BCUT2D eigenvalue weighted by Crippen LogP contribution is 2.38. The number of rotatable bonds is 16. The van der Waals surface area contributed by atoms with Gasteiger partial charge in [0.1, 0.15) is 36.3 Å². The van der Waals surface area contributed by atoms with Crippen LogP contribution in [-0.2, 0) is 58.8 Å². The highest BCUT2D eigenvalue weighted by molar-refractivity contribution is 5.79. The maximum Gasteiger partial charge on any atom is 0.305 e. The molecule has 2 aromatic rings. The van der Waals surface area contributed by atoms with Crippen LogP contribution >= 0.6 is 0 Å². The maximum atomic E-state index is 14.2. The quantitative estimate of drug-likeness (QED) is 0.139. The summed E-state index contributed by atoms with van der Waals surface area (Å²) in [5.41, 5.74) is 0.516. The van der Waals surface area contributed by atoms with Gasteiger partial charge in [0.15, 0.2) is 18.7 Å². The Morgan fingerprint density at radius 2 is 1.72 bits per heavy atom. The summed E-state index contributed by atoms with van der Waals surface area (Å²) in [6, 6.07) is 9.05. The number of aliphatic hydroxyl groups excluding tert-OH is 2. The van der Waals surface area contributed by atoms with E-state index >= 15 is 0 Å². The van der Waals surface area contributed by atoms with E-state index in [1.165, 1.54) is 7.11 Å². The highest BCUT2D eigenvalue weighted by atomic mass is 16.7. The number of pyridine rings is 1. The number of likely N-dealkylation sites (N-methyl/N-ethyl adjacent to an activating group) is 2. The number of aromatic nitrogens is 1. The first kappa shape index (κ1) is 56.2. The van der Waals surface area contributed by atoms with Gasteiger partial charge in [-0.1, -0.05) is 39.0 Å². The summed E-state index contributed by atoms with van der Waals surface area (Å²) in [6.07, 6.45) is -5.85. The molecule has 18 nitrogen and oxygen atoms in total. The molecular weight excluding hydrogens is 893 g/mol. The number of methoxy groups -OCH3 is 1. The van der Waals surface area contributed by atoms with Crippen LogP contribution in [0, 0.1) is 11.8 Å². The van der Waals surface area contributed by atoms with Crippen LogP contribution in [0.25, 0.3) is 10.9 Å². The Labute approximate surface area is 408 Å². The van der Waals surface area contributed by atoms with E-state index < -0.39 is 97.0 Å². The molecule has 388 valence electrons. The van der Waals surface area contributed by atoms with Crippen LogP contribution in [0.1, 0.15) is 105 Å². The number of carbonyl (C=O) groups is 4. The zero-order valence-electron chi connectivity index (χ0n) is 42.4. The number of ether oxygens (including phenoxy) is 7. The van der Waals surface area contributed by atoms with E-state index in [4.69, 9.17) is 33.2 Å². The molecule has 18 heteroatoms. The number of benzene rings is 1. The molecule has 0 bridgehead atoms. The van der Waals surface area contributed by atoms with Crippen LogP contribution in [0.15, 0.2) is 36.5 Å². The third-order valence-electron chi connectivity index (χ3n) is 14.0. The van der Waals surface area contributed by atoms with E-state index in [0.29, 0.717) is 25.9 Å². The van der Waals surface area contributed by atoms with E-state index in [-0.39, 0.29) is 56.4 Å². The minimum Gasteiger partial charge on any atom is -0.459 e. The SMILES string of the molecule is CCC(=O)O[C@@H]1C(C)O[C@@H](O[C@@H]2C(C)O[C@@H](O[C@H]3[C@@H](CC=O)C[C@@H](C)[C@@H](O)CN(C)CCC(CCCc4cnc5ccccc5c4)NC(=O)C[C@@H](OC(=O)CC)[C@@H]3OC)C(O)C2N(C)C)CC1(C)O. The van der Waals surface area contributed by atoms with Crippen LogP contribution in [0.5, 0.6) is 0 Å². The van der Waals surface area contributed by atoms with E-state index in [0.717, 1.165) is 35.6 Å². The molecule has 69 heavy (non-hydrogen) atoms. The molecular formula is C51H80N4O14. The predicted octanol–water partition coefficient (Wildman–Crippen LogP) is 3.71. The predicted molar refractivity (Wildman–Crippen MR) is 256 cm³/mol. The van der Waals surface area contributed by atoms with Crippen molar-refractivity contribution < 1.29 is 67.7 Å². The summed E-state index contributed by atoms with van der Waals surface area (Å²) in [4.78, 5) is 60.6. The summed E-state index contributed by atoms with van der Waals surface area (Å²) in [5.74, 6) is -2.46. The van der Waals surface area contributed by atoms with E-state index in [1.807, 2.05) is 49.3 Å². The molecule has 5 rings (SSSR count). The molecule has 3 aliphatic heterocycles. The van der Waals surface area contributed by atoms with Gasteiger partial charge in [0.05, 0.1) is 42.4 Å². The van der Waals surface area contributed by atoms with Crippen LogP contribution in [0.2, 0.25) is 0 Å². The lowest BCUT2D eigenvalue weighted by molar-refractivity contribution is -0.344. The first-order chi connectivity index (χ1) is 32.8. The Kier molecular flexibility index (Phi) is 21.3. The first-order valence-electron chi connectivity index (χ1n) is 24.8. The second kappa shape index (κ2) is 26.1. The lowest BCUT2D eigenvalue weighted by atomic mass is 9.82. The van der Waals surface area contributed by atoms with Gasteiger partial charge in [0.25, 0.3) is 0 Å². The van der Waals surface area contributed by atoms with Gasteiger partial charge in [-0.05, 0) is 110 Å². The zero-order valence-corrected chi connectivity index (χ0v) is 42.4. The highest BCUT2D eigenvalue weighted by Gasteiger charge is 2.53. The smallest absolute Gasteiger partial charge is 0.305 e. The van der Waals surface area contributed by atoms with Gasteiger partial charge in [0, 0.05) is 57.0 Å². The minimum absolute atomic E-state index is 0.0109. The number of hydrogen-bond donors (Lipinski definition) is 4. The number of carbonyl (C=O) groups excluding carboxylic acids is 4. The lowest BCUT2D eigenvalue weighted by Gasteiger charge is -2.50. The fourth-order valence-corrected chi connectivity index (χ4v) is 10.2. The molecule has 3 fully saturated rings. The third kappa shape index (κ3) is 15.4. The van der Waals surface area contributed by atoms with Crippen molar-refractivity contribution in [3.63, 3.8) is 0 Å². The second-order valence-electron chi connectivity index (χ2n) is 19.9. The number of fused-ring (bicyclic) bond motifs is 1. The van der Waals surface area contributed by atoms with Crippen molar-refractivity contribution in [3.05, 3.63) is 42.1 Å². The molecule has 4 heterocycles. The Morgan fingerprint density at radius 3 is 2.39 bits per heavy atom. The van der Waals surface area contributed by atoms with Crippen molar-refractivity contribution in [1.29, 1.82) is 0 Å². The number of amides is 1. The largest absolute Gasteiger partial charge is 0.459 e. The topological polar surface area (TPSA) is 225 Å². The summed E-state index contributed by atoms with van der Waals surface area (Å²) >= 11 is 0. The van der Waals surface area contributed by atoms with Gasteiger partial charge in [-0.2, -0.15) is 0 Å². The van der Waals surface area contributed by atoms with Crippen molar-refractivity contribution in [2.24, 2.45) is 11.8 Å². The number of esters is 2. The third-order valence-corrected chi connectivity index (χ3v) is 14.0. The molecule has 16 atom stereocenters. The monoisotopic (exact) mass is 973 g/mol. The van der Waals surface area contributed by atoms with Gasteiger partial charge >= 0.3 is 11.9 Å². The van der Waals surface area contributed by atoms with E-state index in [9.17, 15) is 34.5 Å². The summed E-state index contributed by atoms with van der Waals surface area (Å²) in [5, 5.41) is 39.6. The molecule has 0 aliphatic carbocycles. The molecule has 1 aromatic heterocycles. The van der Waals surface area contributed by atoms with Gasteiger partial charge in [-0.15, -0.1) is 0 Å². The second-order valence-corrected chi connectivity index (χ2v) is 19.9. The first-order valence-corrected chi connectivity index (χ1v) is 24.8. The Morgan fingerprint density at radius 1 is 1.01 bits per heavy atom. The number of nitrogens with zero attached hydrogens (tertiary/aromatic N) is 3. The number of aldehydes is 1. The number of hydrogen-bond acceptors (Lipinski definition) is 17. The molecule has 4 N–H and O–H groups in total. The molecule has 3 saturated heterocycles. The molecule has 0 saturated carbocycles. The minimum atomic E-state index is -1.50. The Balaban J connectivity index is 1.42. The van der Waals surface area contributed by atoms with Crippen LogP contribution in [0.4, 0.5) is 0 Å². The van der Waals surface area contributed by atoms with Crippen LogP contribution in [-0.4, -0.2) is 181 Å². The average Bonchev–Trinajstić information content (AvgIpc) is 3.29. The zero-order chi connectivity index (χ0) is 50.6. The summed E-state index contributed by atoms with van der Waals surface area (Å²) in [6.45, 7) is 11.1. The number of aryl methyl sites for hydroxylation is 1. The van der Waals surface area contributed by atoms with Crippen molar-refractivity contribution >= 4 is 35.0 Å². The Bertz CT molecular complexity index is 1960. The normalized spacial score (nSPS) is 35.7. The average molecular weight is 973 g/mol. The molecule has 0 spiro atoms. The molecule has 3 aliphatic rings. The van der Waals surface area contributed by atoms with Gasteiger partial charge in [-0.3, -0.25) is 19.4 Å². The lowest BCUT2D eigenvalue weighted by Crippen LogP contribution is -2.66. The number of para-hydroxylation sites is 1. The van der Waals surface area contributed by atoms with Crippen molar-refractivity contribution in [2.45, 2.75) is 191 Å². The maximum absolute atomic E-state index is 14.2. The Hall–Kier alpha value is -3.69. The van der Waals surface area contributed by atoms with Gasteiger partial charge < -0.3 is 68.4 Å². The fourth-order valence-electron chi connectivity index (χ4n) is 10.2. The van der Waals surface area contributed by atoms with Crippen LogP contribution < -0.4 is 5.32 Å². The van der Waals surface area contributed by atoms with E-state index in [1.54, 1.807) is 53.6 Å². The van der Waals surface area contributed by atoms with E-state index in [2.05, 4.69) is 16.4 Å². The van der Waals surface area contributed by atoms with Crippen molar-refractivity contribution in [3.8, 4) is 0 Å². The van der Waals surface area contributed by atoms with Crippen LogP contribution in [0.3, 0.4) is 0 Å². The molecule has 0 radical (unpaired) electrons. The van der Waals surface area contributed by atoms with Gasteiger partial charge in [0.2, 0.25) is 5.91 Å². The number of nitrogens with one attached hydrogen (secondary N) is 1. The summed E-state index contributed by atoms with van der Waals surface area (Å²) in [7, 11) is 6.88. The van der Waals surface area contributed by atoms with Crippen molar-refractivity contribution in [2.75, 3.05) is 41.3 Å². The number of β-amino-alcohol motifs (C(OH)–C–C–N with tert-alkyl or cyclic N) is 1. The molecule has 1 aromatic carbocycles. The van der Waals surface area contributed by atoms with Gasteiger partial charge in [-0.25, -0.2) is 0 Å². The molecule has 6 unspecified atom stereocenters. The number of aliphatic hydroxyl groups is 3. The molecule has 1 amide bonds. The van der Waals surface area contributed by atoms with Crippen molar-refractivity contribution in [1.82, 2.24) is 20.1 Å².